The Morgan fingerprint density at radius 2 is 1.94 bits per heavy atom. The second-order valence-electron chi connectivity index (χ2n) is 6.25. The first-order valence-electron chi connectivity index (χ1n) is 7.24. The van der Waals surface area contributed by atoms with E-state index in [1.165, 1.54) is 32.1 Å². The summed E-state index contributed by atoms with van der Waals surface area (Å²) in [6.45, 7) is 4.40. The van der Waals surface area contributed by atoms with E-state index in [2.05, 4.69) is 24.1 Å². The van der Waals surface area contributed by atoms with E-state index in [1.54, 1.807) is 0 Å². The molecular weight excluding hydrogens is 212 g/mol. The van der Waals surface area contributed by atoms with Gasteiger partial charge in [-0.3, -0.25) is 10.1 Å². The van der Waals surface area contributed by atoms with Crippen molar-refractivity contribution in [3.63, 3.8) is 0 Å². The van der Waals surface area contributed by atoms with Gasteiger partial charge in [0.2, 0.25) is 5.91 Å². The predicted molar refractivity (Wildman–Crippen MR) is 67.4 cm³/mol. The monoisotopic (exact) mass is 236 g/mol. The summed E-state index contributed by atoms with van der Waals surface area (Å²) < 4.78 is 0. The number of carbonyl (C=O) groups excluding carboxylic acids is 1. The first-order valence-corrected chi connectivity index (χ1v) is 7.24. The molecule has 17 heavy (non-hydrogen) atoms. The first-order chi connectivity index (χ1) is 8.14. The van der Waals surface area contributed by atoms with E-state index in [-0.39, 0.29) is 11.7 Å². The van der Waals surface area contributed by atoms with Crippen LogP contribution in [-0.2, 0) is 4.79 Å². The normalized spacial score (nSPS) is 34.4. The third-order valence-electron chi connectivity index (χ3n) is 5.27. The van der Waals surface area contributed by atoms with E-state index in [0.29, 0.717) is 11.9 Å². The summed E-state index contributed by atoms with van der Waals surface area (Å²) in [7, 11) is 0. The molecule has 1 heterocycles. The van der Waals surface area contributed by atoms with Gasteiger partial charge in [0.15, 0.2) is 0 Å². The molecule has 1 saturated heterocycles. The minimum Gasteiger partial charge on any atom is -0.323 e. The molecule has 0 aromatic carbocycles. The highest BCUT2D eigenvalue weighted by Crippen LogP contribution is 2.40. The highest BCUT2D eigenvalue weighted by molar-refractivity contribution is 5.89. The van der Waals surface area contributed by atoms with Gasteiger partial charge in [-0.05, 0) is 45.4 Å². The van der Waals surface area contributed by atoms with Gasteiger partial charge in [-0.25, -0.2) is 0 Å². The highest BCUT2D eigenvalue weighted by atomic mass is 16.2. The molecule has 2 atom stereocenters. The van der Waals surface area contributed by atoms with Crippen LogP contribution in [0.5, 0.6) is 0 Å². The molecule has 2 unspecified atom stereocenters. The maximum absolute atomic E-state index is 12.7. The van der Waals surface area contributed by atoms with Crippen LogP contribution in [-0.4, -0.2) is 28.6 Å². The molecule has 3 nitrogen and oxygen atoms in total. The summed E-state index contributed by atoms with van der Waals surface area (Å²) in [6, 6.07) is 0.429. The summed E-state index contributed by atoms with van der Waals surface area (Å²) in [5.74, 6) is 1.14. The molecule has 3 heteroatoms. The van der Waals surface area contributed by atoms with Gasteiger partial charge in [-0.2, -0.15) is 0 Å². The maximum atomic E-state index is 12.7. The van der Waals surface area contributed by atoms with Crippen LogP contribution in [0.4, 0.5) is 0 Å². The third-order valence-corrected chi connectivity index (χ3v) is 5.27. The summed E-state index contributed by atoms with van der Waals surface area (Å²) in [4.78, 5) is 14.8. The molecule has 0 radical (unpaired) electrons. The van der Waals surface area contributed by atoms with E-state index in [9.17, 15) is 4.79 Å². The van der Waals surface area contributed by atoms with Crippen LogP contribution in [0.15, 0.2) is 0 Å². The van der Waals surface area contributed by atoms with E-state index in [4.69, 9.17) is 0 Å². The fraction of sp³-hybridized carbons (Fsp3) is 0.929. The van der Waals surface area contributed by atoms with Crippen molar-refractivity contribution >= 4 is 5.91 Å². The zero-order valence-electron chi connectivity index (χ0n) is 11.0. The number of nitrogens with zero attached hydrogens (tertiary/aromatic N) is 1. The third kappa shape index (κ3) is 1.62. The number of amides is 1. The first kappa shape index (κ1) is 11.5. The molecule has 0 aromatic heterocycles. The Balaban J connectivity index is 1.78. The predicted octanol–water partition coefficient (Wildman–Crippen LogP) is 2.27. The quantitative estimate of drug-likeness (QED) is 0.797. The van der Waals surface area contributed by atoms with Gasteiger partial charge in [-0.15, -0.1) is 0 Å². The van der Waals surface area contributed by atoms with Gasteiger partial charge >= 0.3 is 0 Å². The Morgan fingerprint density at radius 3 is 2.47 bits per heavy atom. The number of nitrogens with one attached hydrogen (secondary N) is 1. The minimum atomic E-state index is -0.183. The van der Waals surface area contributed by atoms with E-state index >= 15 is 0 Å². The molecular formula is C14H24N2O. The molecule has 3 rings (SSSR count). The van der Waals surface area contributed by atoms with E-state index in [1.807, 2.05) is 0 Å². The zero-order chi connectivity index (χ0) is 12.0. The second kappa shape index (κ2) is 3.98. The zero-order valence-corrected chi connectivity index (χ0v) is 11.0. The molecule has 2 aliphatic carbocycles. The van der Waals surface area contributed by atoms with Crippen molar-refractivity contribution in [3.8, 4) is 0 Å². The van der Waals surface area contributed by atoms with Crippen molar-refractivity contribution in [2.24, 2.45) is 5.92 Å². The molecule has 3 aliphatic rings. The summed E-state index contributed by atoms with van der Waals surface area (Å²) in [5, 5.41) is 3.59. The Morgan fingerprint density at radius 1 is 1.29 bits per heavy atom. The summed E-state index contributed by atoms with van der Waals surface area (Å²) in [5.41, 5.74) is -0.183. The molecule has 0 bridgehead atoms. The summed E-state index contributed by atoms with van der Waals surface area (Å²) in [6.07, 6.45) is 8.71. The molecule has 2 saturated carbocycles. The lowest BCUT2D eigenvalue weighted by Gasteiger charge is -2.39. The van der Waals surface area contributed by atoms with E-state index in [0.717, 1.165) is 18.8 Å². The Hall–Kier alpha value is -0.570. The average Bonchev–Trinajstić information content (AvgIpc) is 2.72. The van der Waals surface area contributed by atoms with Gasteiger partial charge in [0.1, 0.15) is 0 Å². The molecule has 1 N–H and O–H groups in total. The molecule has 96 valence electrons. The Kier molecular flexibility index (Phi) is 2.69. The van der Waals surface area contributed by atoms with Gasteiger partial charge in [0.05, 0.1) is 11.7 Å². The van der Waals surface area contributed by atoms with Crippen molar-refractivity contribution < 1.29 is 4.79 Å². The summed E-state index contributed by atoms with van der Waals surface area (Å²) >= 11 is 0. The van der Waals surface area contributed by atoms with Crippen molar-refractivity contribution in [2.75, 3.05) is 0 Å². The molecule has 1 spiro atoms. The lowest BCUT2D eigenvalue weighted by molar-refractivity contribution is -0.136. The van der Waals surface area contributed by atoms with Crippen molar-refractivity contribution in [1.82, 2.24) is 10.2 Å². The van der Waals surface area contributed by atoms with Crippen molar-refractivity contribution in [3.05, 3.63) is 0 Å². The molecule has 3 fully saturated rings. The van der Waals surface area contributed by atoms with Crippen LogP contribution < -0.4 is 5.32 Å². The fourth-order valence-electron chi connectivity index (χ4n) is 3.98. The maximum Gasteiger partial charge on any atom is 0.244 e. The van der Waals surface area contributed by atoms with Crippen LogP contribution in [0.3, 0.4) is 0 Å². The van der Waals surface area contributed by atoms with Gasteiger partial charge in [0.25, 0.3) is 0 Å². The average molecular weight is 236 g/mol. The number of carbonyl (C=O) groups is 1. The van der Waals surface area contributed by atoms with Gasteiger partial charge < -0.3 is 4.90 Å². The number of hydrogen-bond donors (Lipinski definition) is 1. The lowest BCUT2D eigenvalue weighted by atomic mass is 9.79. The highest BCUT2D eigenvalue weighted by Gasteiger charge is 2.53. The van der Waals surface area contributed by atoms with E-state index < -0.39 is 0 Å². The molecule has 1 aliphatic heterocycles. The Labute approximate surface area is 104 Å². The SMILES string of the molecule is CC1NC2(CCCC2)C(=O)N1C(C)C1CCC1. The lowest BCUT2D eigenvalue weighted by Crippen LogP contribution is -2.48. The minimum absolute atomic E-state index is 0.183. The van der Waals surface area contributed by atoms with Crippen LogP contribution in [0, 0.1) is 5.92 Å². The number of hydrogen-bond acceptors (Lipinski definition) is 2. The van der Waals surface area contributed by atoms with Crippen molar-refractivity contribution in [2.45, 2.75) is 76.5 Å². The standard InChI is InChI=1S/C14H24N2O/c1-10(12-6-5-7-12)16-11(2)15-14(13(16)17)8-3-4-9-14/h10-12,15H,3-9H2,1-2H3. The topological polar surface area (TPSA) is 32.3 Å². The number of rotatable bonds is 2. The second-order valence-corrected chi connectivity index (χ2v) is 6.25. The van der Waals surface area contributed by atoms with Gasteiger partial charge in [-0.1, -0.05) is 19.3 Å². The van der Waals surface area contributed by atoms with Crippen LogP contribution in [0.25, 0.3) is 0 Å². The van der Waals surface area contributed by atoms with Crippen LogP contribution in [0.1, 0.15) is 58.8 Å². The van der Waals surface area contributed by atoms with Gasteiger partial charge in [0, 0.05) is 6.04 Å². The van der Waals surface area contributed by atoms with Crippen LogP contribution >= 0.6 is 0 Å². The Bertz CT molecular complexity index is 318. The molecule has 0 aromatic rings. The molecule has 1 amide bonds. The van der Waals surface area contributed by atoms with Crippen molar-refractivity contribution in [1.29, 1.82) is 0 Å². The largest absolute Gasteiger partial charge is 0.323 e. The van der Waals surface area contributed by atoms with Crippen LogP contribution in [0.2, 0.25) is 0 Å². The smallest absolute Gasteiger partial charge is 0.244 e. The fourth-order valence-corrected chi connectivity index (χ4v) is 3.98.